The van der Waals surface area contributed by atoms with E-state index >= 15 is 0 Å². The molecule has 0 saturated carbocycles. The summed E-state index contributed by atoms with van der Waals surface area (Å²) in [7, 11) is 0. The van der Waals surface area contributed by atoms with Crippen LogP contribution >= 0.6 is 0 Å². The van der Waals surface area contributed by atoms with E-state index < -0.39 is 5.91 Å². The number of carbonyl (C=O) groups excluding carboxylic acids is 1. The number of nitrogens with two attached hydrogens (primary N) is 1. The van der Waals surface area contributed by atoms with Crippen molar-refractivity contribution in [1.29, 1.82) is 0 Å². The van der Waals surface area contributed by atoms with Gasteiger partial charge in [0, 0.05) is 13.2 Å². The van der Waals surface area contributed by atoms with E-state index in [2.05, 4.69) is 17.2 Å². The zero-order valence-corrected chi connectivity index (χ0v) is 11.9. The van der Waals surface area contributed by atoms with Crippen molar-refractivity contribution < 1.29 is 13.9 Å². The maximum atomic E-state index is 11.3. The summed E-state index contributed by atoms with van der Waals surface area (Å²) in [6.07, 6.45) is 3.61. The summed E-state index contributed by atoms with van der Waals surface area (Å²) in [5, 5.41) is 0. The topological polar surface area (TPSA) is 80.7 Å². The minimum Gasteiger partial charge on any atom is -0.455 e. The number of carbonyl (C=O) groups is 1. The fraction of sp³-hybridized carbons (Fsp3) is 0.643. The minimum atomic E-state index is -0.404. The summed E-state index contributed by atoms with van der Waals surface area (Å²) in [6, 6.07) is 3.47. The molecule has 0 bridgehead atoms. The molecule has 1 atom stereocenters. The van der Waals surface area contributed by atoms with Gasteiger partial charge >= 0.3 is 5.91 Å². The number of hydrogen-bond donors (Lipinski definition) is 2. The molecule has 1 saturated heterocycles. The summed E-state index contributed by atoms with van der Waals surface area (Å²) in [4.78, 5) is 13.6. The van der Waals surface area contributed by atoms with Gasteiger partial charge in [0.1, 0.15) is 5.76 Å². The van der Waals surface area contributed by atoms with Gasteiger partial charge in [0.2, 0.25) is 0 Å². The molecule has 3 N–H and O–H groups in total. The molecule has 1 amide bonds. The Morgan fingerprint density at radius 1 is 1.60 bits per heavy atom. The van der Waals surface area contributed by atoms with Gasteiger partial charge in [-0.25, -0.2) is 5.84 Å². The molecule has 0 radical (unpaired) electrons. The van der Waals surface area contributed by atoms with Crippen LogP contribution in [-0.4, -0.2) is 36.6 Å². The Balaban J connectivity index is 1.86. The highest BCUT2D eigenvalue weighted by molar-refractivity contribution is 5.90. The second-order valence-electron chi connectivity index (χ2n) is 5.11. The molecule has 20 heavy (non-hydrogen) atoms. The zero-order chi connectivity index (χ0) is 14.4. The summed E-state index contributed by atoms with van der Waals surface area (Å²) >= 11 is 0. The lowest BCUT2D eigenvalue weighted by molar-refractivity contribution is -0.00380. The molecule has 1 fully saturated rings. The maximum absolute atomic E-state index is 11.3. The number of nitrogens with zero attached hydrogens (tertiary/aromatic N) is 1. The van der Waals surface area contributed by atoms with Crippen LogP contribution in [0.15, 0.2) is 16.5 Å². The van der Waals surface area contributed by atoms with Crippen molar-refractivity contribution in [3.63, 3.8) is 0 Å². The summed E-state index contributed by atoms with van der Waals surface area (Å²) in [6.45, 7) is 5.58. The van der Waals surface area contributed by atoms with E-state index in [1.54, 1.807) is 6.07 Å². The van der Waals surface area contributed by atoms with Gasteiger partial charge in [-0.05, 0) is 37.9 Å². The van der Waals surface area contributed by atoms with Gasteiger partial charge in [-0.1, -0.05) is 6.92 Å². The van der Waals surface area contributed by atoms with Gasteiger partial charge < -0.3 is 9.15 Å². The third-order valence-corrected chi connectivity index (χ3v) is 3.42. The number of nitrogens with one attached hydrogen (secondary N) is 1. The average molecular weight is 281 g/mol. The van der Waals surface area contributed by atoms with Crippen LogP contribution in [-0.2, 0) is 11.3 Å². The molecule has 2 heterocycles. The number of nitrogen functional groups attached to an aromatic ring is 1. The first-order valence-electron chi connectivity index (χ1n) is 7.16. The van der Waals surface area contributed by atoms with E-state index in [1.807, 2.05) is 6.07 Å². The van der Waals surface area contributed by atoms with Crippen LogP contribution < -0.4 is 11.3 Å². The highest BCUT2D eigenvalue weighted by atomic mass is 16.5. The normalized spacial score (nSPS) is 20.0. The number of likely N-dealkylation sites (tertiary alicyclic amines) is 1. The molecule has 1 unspecified atom stereocenters. The molecule has 1 aliphatic heterocycles. The fourth-order valence-electron chi connectivity index (χ4n) is 2.45. The van der Waals surface area contributed by atoms with Crippen molar-refractivity contribution in [2.45, 2.75) is 38.8 Å². The number of furan rings is 1. The second kappa shape index (κ2) is 7.42. The number of piperidine rings is 1. The Morgan fingerprint density at radius 3 is 3.20 bits per heavy atom. The lowest BCUT2D eigenvalue weighted by atomic mass is 10.1. The molecule has 0 aromatic carbocycles. The number of hydrazine groups is 1. The van der Waals surface area contributed by atoms with E-state index in [4.69, 9.17) is 15.0 Å². The molecule has 6 nitrogen and oxygen atoms in total. The molecule has 1 aromatic heterocycles. The monoisotopic (exact) mass is 281 g/mol. The first-order valence-corrected chi connectivity index (χ1v) is 7.16. The third kappa shape index (κ3) is 4.06. The molecular weight excluding hydrogens is 258 g/mol. The predicted molar refractivity (Wildman–Crippen MR) is 74.9 cm³/mol. The zero-order valence-electron chi connectivity index (χ0n) is 11.9. The molecule has 0 aliphatic carbocycles. The largest absolute Gasteiger partial charge is 0.455 e. The van der Waals surface area contributed by atoms with Crippen LogP contribution in [0.2, 0.25) is 0 Å². The van der Waals surface area contributed by atoms with Crippen LogP contribution in [0.4, 0.5) is 0 Å². The first-order chi connectivity index (χ1) is 9.72. The SMILES string of the molecule is CCCOC1CCCN(Cc2ccc(C(=O)NN)o2)C1. The van der Waals surface area contributed by atoms with Crippen LogP contribution in [0.3, 0.4) is 0 Å². The van der Waals surface area contributed by atoms with Crippen LogP contribution in [0.25, 0.3) is 0 Å². The standard InChI is InChI=1S/C14H23N3O3/c1-2-8-19-11-4-3-7-17(9-11)10-12-5-6-13(20-12)14(18)16-15/h5-6,11H,2-4,7-10,15H2,1H3,(H,16,18). The van der Waals surface area contributed by atoms with Gasteiger partial charge in [-0.15, -0.1) is 0 Å². The van der Waals surface area contributed by atoms with Crippen molar-refractivity contribution in [1.82, 2.24) is 10.3 Å². The highest BCUT2D eigenvalue weighted by Gasteiger charge is 2.21. The lowest BCUT2D eigenvalue weighted by Gasteiger charge is -2.31. The fourth-order valence-corrected chi connectivity index (χ4v) is 2.45. The van der Waals surface area contributed by atoms with E-state index in [-0.39, 0.29) is 5.76 Å². The number of rotatable bonds is 6. The molecule has 2 rings (SSSR count). The van der Waals surface area contributed by atoms with E-state index in [1.165, 1.54) is 0 Å². The van der Waals surface area contributed by atoms with Crippen molar-refractivity contribution in [2.24, 2.45) is 5.84 Å². The lowest BCUT2D eigenvalue weighted by Crippen LogP contribution is -2.39. The molecule has 1 aliphatic rings. The van der Waals surface area contributed by atoms with Gasteiger partial charge in [0.25, 0.3) is 0 Å². The Morgan fingerprint density at radius 2 is 2.45 bits per heavy atom. The van der Waals surface area contributed by atoms with Crippen molar-refractivity contribution >= 4 is 5.91 Å². The molecule has 0 spiro atoms. The van der Waals surface area contributed by atoms with Gasteiger partial charge in [-0.2, -0.15) is 0 Å². The second-order valence-corrected chi connectivity index (χ2v) is 5.11. The summed E-state index contributed by atoms with van der Waals surface area (Å²) in [5.74, 6) is 5.70. The molecule has 6 heteroatoms. The summed E-state index contributed by atoms with van der Waals surface area (Å²) in [5.41, 5.74) is 2.06. The van der Waals surface area contributed by atoms with E-state index in [0.29, 0.717) is 12.6 Å². The highest BCUT2D eigenvalue weighted by Crippen LogP contribution is 2.17. The van der Waals surface area contributed by atoms with Crippen LogP contribution in [0.5, 0.6) is 0 Å². The molecule has 112 valence electrons. The minimum absolute atomic E-state index is 0.248. The van der Waals surface area contributed by atoms with Gasteiger partial charge in [0.05, 0.1) is 12.6 Å². The van der Waals surface area contributed by atoms with Gasteiger partial charge in [-0.3, -0.25) is 15.1 Å². The number of ether oxygens (including phenoxy) is 1. The van der Waals surface area contributed by atoms with Crippen molar-refractivity contribution in [3.05, 3.63) is 23.7 Å². The van der Waals surface area contributed by atoms with E-state index in [9.17, 15) is 4.79 Å². The van der Waals surface area contributed by atoms with Crippen molar-refractivity contribution in [3.8, 4) is 0 Å². The summed E-state index contributed by atoms with van der Waals surface area (Å²) < 4.78 is 11.3. The number of amides is 1. The van der Waals surface area contributed by atoms with Crippen LogP contribution in [0, 0.1) is 0 Å². The molecule has 1 aromatic rings. The first kappa shape index (κ1) is 15.0. The predicted octanol–water partition coefficient (Wildman–Crippen LogP) is 1.27. The number of hydrogen-bond acceptors (Lipinski definition) is 5. The molecular formula is C14H23N3O3. The Hall–Kier alpha value is -1.37. The van der Waals surface area contributed by atoms with Crippen molar-refractivity contribution in [2.75, 3.05) is 19.7 Å². The quantitative estimate of drug-likeness (QED) is 0.466. The Labute approximate surface area is 119 Å². The van der Waals surface area contributed by atoms with Gasteiger partial charge in [0.15, 0.2) is 5.76 Å². The third-order valence-electron chi connectivity index (χ3n) is 3.42. The average Bonchev–Trinajstić information content (AvgIpc) is 2.93. The van der Waals surface area contributed by atoms with E-state index in [0.717, 1.165) is 44.7 Å². The maximum Gasteiger partial charge on any atom is 0.300 e. The Kier molecular flexibility index (Phi) is 5.58. The smallest absolute Gasteiger partial charge is 0.300 e. The Bertz CT molecular complexity index is 433. The van der Waals surface area contributed by atoms with Crippen LogP contribution in [0.1, 0.15) is 42.5 Å².